The molecular weight excluding hydrogens is 252 g/mol. The van der Waals surface area contributed by atoms with E-state index in [0.717, 1.165) is 5.56 Å². The molecule has 0 radical (unpaired) electrons. The van der Waals surface area contributed by atoms with Crippen molar-refractivity contribution in [2.75, 3.05) is 0 Å². The second-order valence-electron chi connectivity index (χ2n) is 4.84. The number of hydrogen-bond donors (Lipinski definition) is 2. The number of aromatic nitrogens is 2. The quantitative estimate of drug-likeness (QED) is 0.716. The second-order valence-corrected chi connectivity index (χ2v) is 4.84. The lowest BCUT2D eigenvalue weighted by molar-refractivity contribution is 0.0966. The molecule has 1 unspecified atom stereocenters. The zero-order valence-corrected chi connectivity index (χ0v) is 11.0. The van der Waals surface area contributed by atoms with Crippen molar-refractivity contribution in [1.29, 1.82) is 0 Å². The van der Waals surface area contributed by atoms with Crippen LogP contribution in [0.4, 0.5) is 0 Å². The van der Waals surface area contributed by atoms with E-state index in [1.54, 1.807) is 18.2 Å². The molecule has 20 heavy (non-hydrogen) atoms. The molecule has 0 bridgehead atoms. The number of fused-ring (bicyclic) bond motifs is 1. The third-order valence-electron chi connectivity index (χ3n) is 3.49. The minimum absolute atomic E-state index is 0.0418. The Morgan fingerprint density at radius 3 is 2.45 bits per heavy atom. The van der Waals surface area contributed by atoms with Crippen molar-refractivity contribution in [2.45, 2.75) is 12.8 Å². The number of hydrogen-bond acceptors (Lipinski definition) is 2. The van der Waals surface area contributed by atoms with E-state index in [9.17, 15) is 9.59 Å². The fraction of sp³-hybridized carbons (Fsp3) is 0.125. The smallest absolute Gasteiger partial charge is 0.306 e. The molecule has 0 saturated heterocycles. The predicted molar refractivity (Wildman–Crippen MR) is 78.1 cm³/mol. The molecule has 0 amide bonds. The molecule has 0 fully saturated rings. The number of carbonyl (C=O) groups is 1. The lowest BCUT2D eigenvalue weighted by Crippen LogP contribution is -2.09. The number of imidazole rings is 1. The maximum Gasteiger partial charge on any atom is 0.323 e. The topological polar surface area (TPSA) is 65.7 Å². The maximum absolute atomic E-state index is 12.5. The van der Waals surface area contributed by atoms with Gasteiger partial charge in [0.15, 0.2) is 5.78 Å². The molecular formula is C16H14N2O2. The first-order chi connectivity index (χ1) is 9.65. The van der Waals surface area contributed by atoms with Gasteiger partial charge in [0.2, 0.25) is 0 Å². The van der Waals surface area contributed by atoms with E-state index >= 15 is 0 Å². The maximum atomic E-state index is 12.5. The Labute approximate surface area is 115 Å². The number of aromatic amines is 2. The van der Waals surface area contributed by atoms with Crippen molar-refractivity contribution in [3.8, 4) is 0 Å². The largest absolute Gasteiger partial charge is 0.323 e. The summed E-state index contributed by atoms with van der Waals surface area (Å²) in [5, 5.41) is 0. The van der Waals surface area contributed by atoms with Crippen molar-refractivity contribution in [2.24, 2.45) is 0 Å². The molecule has 0 spiro atoms. The normalized spacial score (nSPS) is 12.4. The Bertz CT molecular complexity index is 815. The molecule has 4 nitrogen and oxygen atoms in total. The van der Waals surface area contributed by atoms with Crippen molar-refractivity contribution < 1.29 is 4.79 Å². The van der Waals surface area contributed by atoms with Gasteiger partial charge in [0.1, 0.15) is 0 Å². The predicted octanol–water partition coefficient (Wildman–Crippen LogP) is 2.84. The lowest BCUT2D eigenvalue weighted by Gasteiger charge is -2.10. The van der Waals surface area contributed by atoms with Gasteiger partial charge in [-0.2, -0.15) is 0 Å². The molecule has 1 aromatic heterocycles. The lowest BCUT2D eigenvalue weighted by atomic mass is 9.92. The van der Waals surface area contributed by atoms with Crippen LogP contribution in [0.15, 0.2) is 53.3 Å². The number of benzene rings is 2. The molecule has 1 heterocycles. The van der Waals surface area contributed by atoms with Crippen molar-refractivity contribution in [3.05, 3.63) is 70.1 Å². The fourth-order valence-electron chi connectivity index (χ4n) is 2.33. The summed E-state index contributed by atoms with van der Waals surface area (Å²) >= 11 is 0. The summed E-state index contributed by atoms with van der Waals surface area (Å²) in [5.41, 5.74) is 2.69. The molecule has 0 aliphatic heterocycles. The highest BCUT2D eigenvalue weighted by Crippen LogP contribution is 2.21. The van der Waals surface area contributed by atoms with Crippen LogP contribution in [0, 0.1) is 0 Å². The second kappa shape index (κ2) is 4.81. The van der Waals surface area contributed by atoms with Gasteiger partial charge in [-0.1, -0.05) is 37.3 Å². The highest BCUT2D eigenvalue weighted by Gasteiger charge is 2.17. The van der Waals surface area contributed by atoms with Crippen molar-refractivity contribution in [3.63, 3.8) is 0 Å². The van der Waals surface area contributed by atoms with Gasteiger partial charge in [-0.05, 0) is 23.8 Å². The third kappa shape index (κ3) is 2.16. The number of Topliss-reactive ketones (excluding diaryl/α,β-unsaturated/α-hetero) is 1. The number of carbonyl (C=O) groups excluding carboxylic acids is 1. The number of nitrogens with one attached hydrogen (secondary N) is 2. The van der Waals surface area contributed by atoms with Crippen LogP contribution in [0.25, 0.3) is 11.0 Å². The third-order valence-corrected chi connectivity index (χ3v) is 3.49. The SMILES string of the molecule is CC(C(=O)c1ccc2[nH]c(=O)[nH]c2c1)c1ccccc1. The summed E-state index contributed by atoms with van der Waals surface area (Å²) < 4.78 is 0. The summed E-state index contributed by atoms with van der Waals surface area (Å²) in [7, 11) is 0. The van der Waals surface area contributed by atoms with Crippen LogP contribution >= 0.6 is 0 Å². The molecule has 0 saturated carbocycles. The van der Waals surface area contributed by atoms with Gasteiger partial charge in [0, 0.05) is 11.5 Å². The van der Waals surface area contributed by atoms with Gasteiger partial charge in [0.05, 0.1) is 11.0 Å². The van der Waals surface area contributed by atoms with Gasteiger partial charge >= 0.3 is 5.69 Å². The average Bonchev–Trinajstić information content (AvgIpc) is 2.85. The summed E-state index contributed by atoms with van der Waals surface area (Å²) in [4.78, 5) is 29.1. The average molecular weight is 266 g/mol. The molecule has 3 aromatic rings. The highest BCUT2D eigenvalue weighted by molar-refractivity contribution is 6.02. The number of ketones is 1. The van der Waals surface area contributed by atoms with Crippen LogP contribution in [0.3, 0.4) is 0 Å². The van der Waals surface area contributed by atoms with Crippen LogP contribution in [-0.2, 0) is 0 Å². The first-order valence-corrected chi connectivity index (χ1v) is 6.46. The summed E-state index contributed by atoms with van der Waals surface area (Å²) in [6, 6.07) is 14.9. The molecule has 0 aliphatic rings. The van der Waals surface area contributed by atoms with E-state index in [0.29, 0.717) is 16.6 Å². The molecule has 0 aliphatic carbocycles. The summed E-state index contributed by atoms with van der Waals surface area (Å²) in [5.74, 6) is -0.167. The first kappa shape index (κ1) is 12.4. The molecule has 4 heteroatoms. The van der Waals surface area contributed by atoms with Crippen LogP contribution in [0.2, 0.25) is 0 Å². The van der Waals surface area contributed by atoms with Crippen LogP contribution in [-0.4, -0.2) is 15.8 Å². The van der Waals surface area contributed by atoms with Gasteiger partial charge < -0.3 is 9.97 Å². The monoisotopic (exact) mass is 266 g/mol. The zero-order valence-electron chi connectivity index (χ0n) is 11.0. The Morgan fingerprint density at radius 2 is 1.70 bits per heavy atom. The molecule has 2 N–H and O–H groups in total. The van der Waals surface area contributed by atoms with E-state index in [-0.39, 0.29) is 17.4 Å². The van der Waals surface area contributed by atoms with E-state index in [1.165, 1.54) is 0 Å². The minimum atomic E-state index is -0.263. The van der Waals surface area contributed by atoms with E-state index < -0.39 is 0 Å². The Morgan fingerprint density at radius 1 is 1.00 bits per heavy atom. The standard InChI is InChI=1S/C16H14N2O2/c1-10(11-5-3-2-4-6-11)15(19)12-7-8-13-14(9-12)18-16(20)17-13/h2-10H,1H3,(H2,17,18,20). The molecule has 2 aromatic carbocycles. The van der Waals surface area contributed by atoms with Crippen LogP contribution in [0.5, 0.6) is 0 Å². The number of H-pyrrole nitrogens is 2. The Balaban J connectivity index is 1.97. The van der Waals surface area contributed by atoms with Crippen LogP contribution in [0.1, 0.15) is 28.8 Å². The van der Waals surface area contributed by atoms with Gasteiger partial charge in [-0.25, -0.2) is 4.79 Å². The van der Waals surface area contributed by atoms with Gasteiger partial charge in [0.25, 0.3) is 0 Å². The fourth-order valence-corrected chi connectivity index (χ4v) is 2.33. The highest BCUT2D eigenvalue weighted by atomic mass is 16.1. The zero-order chi connectivity index (χ0) is 14.1. The van der Waals surface area contributed by atoms with Crippen LogP contribution < -0.4 is 5.69 Å². The summed E-state index contributed by atoms with van der Waals surface area (Å²) in [6.07, 6.45) is 0. The van der Waals surface area contributed by atoms with Crippen molar-refractivity contribution in [1.82, 2.24) is 9.97 Å². The van der Waals surface area contributed by atoms with E-state index in [1.807, 2.05) is 37.3 Å². The molecule has 3 rings (SSSR count). The van der Waals surface area contributed by atoms with Gasteiger partial charge in [-0.3, -0.25) is 4.79 Å². The molecule has 100 valence electrons. The number of rotatable bonds is 3. The van der Waals surface area contributed by atoms with E-state index in [4.69, 9.17) is 0 Å². The Kier molecular flexibility index (Phi) is 2.99. The van der Waals surface area contributed by atoms with E-state index in [2.05, 4.69) is 9.97 Å². The summed E-state index contributed by atoms with van der Waals surface area (Å²) in [6.45, 7) is 1.89. The van der Waals surface area contributed by atoms with Crippen molar-refractivity contribution >= 4 is 16.8 Å². The molecule has 1 atom stereocenters. The van der Waals surface area contributed by atoms with Gasteiger partial charge in [-0.15, -0.1) is 0 Å². The Hall–Kier alpha value is -2.62. The minimum Gasteiger partial charge on any atom is -0.306 e. The first-order valence-electron chi connectivity index (χ1n) is 6.46.